The van der Waals surface area contributed by atoms with Crippen molar-refractivity contribution in [2.75, 3.05) is 12.3 Å². The summed E-state index contributed by atoms with van der Waals surface area (Å²) in [7, 11) is 0. The molecule has 166 valence electrons. The summed E-state index contributed by atoms with van der Waals surface area (Å²) in [6.07, 6.45) is 4.35. The maximum Gasteiger partial charge on any atom is 0.322 e. The molecule has 0 saturated carbocycles. The van der Waals surface area contributed by atoms with E-state index in [1.54, 1.807) is 17.1 Å². The molecule has 0 spiro atoms. The zero-order valence-electron chi connectivity index (χ0n) is 16.5. The molecule has 0 atom stereocenters. The van der Waals surface area contributed by atoms with E-state index in [1.807, 2.05) is 6.08 Å². The first-order chi connectivity index (χ1) is 15.3. The molecule has 1 aliphatic heterocycles. The number of urea groups is 1. The van der Waals surface area contributed by atoms with Crippen LogP contribution in [0.25, 0.3) is 11.3 Å². The zero-order chi connectivity index (χ0) is 22.8. The summed E-state index contributed by atoms with van der Waals surface area (Å²) in [5.74, 6) is 0.271. The summed E-state index contributed by atoms with van der Waals surface area (Å²) >= 11 is 12.6. The summed E-state index contributed by atoms with van der Waals surface area (Å²) in [5.41, 5.74) is 8.69. The van der Waals surface area contributed by atoms with E-state index in [-0.39, 0.29) is 48.9 Å². The fourth-order valence-corrected chi connectivity index (χ4v) is 3.90. The third kappa shape index (κ3) is 4.68. The minimum absolute atomic E-state index is 0.00467. The number of nitrogens with one attached hydrogen (secondary N) is 1. The molecule has 4 rings (SSSR count). The van der Waals surface area contributed by atoms with Crippen LogP contribution in [0.4, 0.5) is 19.5 Å². The smallest absolute Gasteiger partial charge is 0.322 e. The van der Waals surface area contributed by atoms with Crippen LogP contribution in [0.2, 0.25) is 10.0 Å². The lowest BCUT2D eigenvalue weighted by Gasteiger charge is -2.18. The van der Waals surface area contributed by atoms with Crippen molar-refractivity contribution in [3.05, 3.63) is 69.5 Å². The lowest BCUT2D eigenvalue weighted by Crippen LogP contribution is -2.36. The van der Waals surface area contributed by atoms with Gasteiger partial charge in [-0.25, -0.2) is 14.8 Å². The van der Waals surface area contributed by atoms with Crippen molar-refractivity contribution in [1.82, 2.24) is 20.2 Å². The molecule has 7 nitrogen and oxygen atoms in total. The van der Waals surface area contributed by atoms with Gasteiger partial charge in [-0.05, 0) is 30.4 Å². The Morgan fingerprint density at radius 2 is 2.06 bits per heavy atom. The second kappa shape index (κ2) is 9.13. The summed E-state index contributed by atoms with van der Waals surface area (Å²) in [5, 5.41) is 3.34. The number of fused-ring (bicyclic) bond motifs is 1. The van der Waals surface area contributed by atoms with Gasteiger partial charge < -0.3 is 20.7 Å². The highest BCUT2D eigenvalue weighted by Gasteiger charge is 2.31. The van der Waals surface area contributed by atoms with Crippen LogP contribution < -0.4 is 15.8 Å². The van der Waals surface area contributed by atoms with E-state index in [0.717, 1.165) is 6.08 Å². The standard InChI is InChI=1S/C21H17Cl2F2N5O2/c22-11-7-14(23)18(16(8-11)32-6-2-5-17(24)25)19-13-9-30(10-15(13)28-20(26)29-19)21(31)27-12-3-1-4-12/h1,3-5,7-8H,2,6,9-10H2,(H,27,31)(H2,26,28,29). The molecule has 32 heavy (non-hydrogen) atoms. The molecule has 0 unspecified atom stereocenters. The van der Waals surface area contributed by atoms with Crippen LogP contribution in [-0.2, 0) is 13.1 Å². The van der Waals surface area contributed by atoms with Crippen LogP contribution in [-0.4, -0.2) is 27.5 Å². The van der Waals surface area contributed by atoms with Crippen LogP contribution >= 0.6 is 23.2 Å². The van der Waals surface area contributed by atoms with Crippen molar-refractivity contribution in [3.63, 3.8) is 0 Å². The van der Waals surface area contributed by atoms with Gasteiger partial charge in [-0.15, -0.1) is 0 Å². The van der Waals surface area contributed by atoms with Crippen LogP contribution in [0.5, 0.6) is 5.75 Å². The molecule has 3 N–H and O–H groups in total. The average molecular weight is 480 g/mol. The van der Waals surface area contributed by atoms with Gasteiger partial charge in [0.05, 0.1) is 41.7 Å². The van der Waals surface area contributed by atoms with E-state index in [1.165, 1.54) is 12.1 Å². The summed E-state index contributed by atoms with van der Waals surface area (Å²) in [4.78, 5) is 22.8. The van der Waals surface area contributed by atoms with Crippen LogP contribution in [0.1, 0.15) is 17.7 Å². The monoisotopic (exact) mass is 479 g/mol. The van der Waals surface area contributed by atoms with Gasteiger partial charge in [-0.1, -0.05) is 29.3 Å². The van der Waals surface area contributed by atoms with Gasteiger partial charge in [-0.2, -0.15) is 8.78 Å². The lowest BCUT2D eigenvalue weighted by atomic mass is 10.0. The van der Waals surface area contributed by atoms with Gasteiger partial charge in [0, 0.05) is 22.7 Å². The van der Waals surface area contributed by atoms with Gasteiger partial charge in [0.15, 0.2) is 0 Å². The Balaban J connectivity index is 1.66. The van der Waals surface area contributed by atoms with Crippen molar-refractivity contribution < 1.29 is 18.3 Å². The van der Waals surface area contributed by atoms with Gasteiger partial charge in [0.1, 0.15) is 5.75 Å². The second-order valence-electron chi connectivity index (χ2n) is 7.01. The molecule has 1 aliphatic carbocycles. The van der Waals surface area contributed by atoms with Crippen LogP contribution in [0, 0.1) is 0 Å². The van der Waals surface area contributed by atoms with E-state index in [2.05, 4.69) is 15.3 Å². The molecule has 1 aromatic heterocycles. The molecule has 0 fully saturated rings. The normalized spacial score (nSPS) is 13.9. The number of benzene rings is 1. The number of carbonyl (C=O) groups is 1. The number of ether oxygens (including phenoxy) is 1. The Hall–Kier alpha value is -3.17. The van der Waals surface area contributed by atoms with E-state index >= 15 is 0 Å². The number of halogens is 4. The number of hydrogen-bond acceptors (Lipinski definition) is 5. The largest absolute Gasteiger partial charge is 0.492 e. The first-order valence-electron chi connectivity index (χ1n) is 9.54. The number of nitrogens with two attached hydrogens (primary N) is 1. The Kier molecular flexibility index (Phi) is 6.29. The van der Waals surface area contributed by atoms with E-state index in [9.17, 15) is 13.6 Å². The van der Waals surface area contributed by atoms with Gasteiger partial charge in [0.25, 0.3) is 6.08 Å². The maximum atomic E-state index is 12.6. The average Bonchev–Trinajstić information content (AvgIpc) is 3.11. The first kappa shape index (κ1) is 22.0. The number of allylic oxidation sites excluding steroid dienone is 3. The molecule has 2 amide bonds. The molecule has 0 saturated heterocycles. The Morgan fingerprint density at radius 1 is 1.28 bits per heavy atom. The number of nitrogens with zero attached hydrogens (tertiary/aromatic N) is 3. The number of hydrogen-bond donors (Lipinski definition) is 2. The molecule has 11 heteroatoms. The predicted octanol–water partition coefficient (Wildman–Crippen LogP) is 5.06. The number of nitrogen functional groups attached to an aromatic ring is 1. The lowest BCUT2D eigenvalue weighted by molar-refractivity contribution is 0.201. The third-order valence-electron chi connectivity index (χ3n) is 4.82. The van der Waals surface area contributed by atoms with Crippen molar-refractivity contribution in [3.8, 4) is 17.0 Å². The summed E-state index contributed by atoms with van der Waals surface area (Å²) in [6, 6.07) is 2.76. The SMILES string of the molecule is Nc1nc2c(c(-c3c(Cl)cc(Cl)cc3OCCC=C(F)F)n1)CN(C(=O)NC1=CC=C1)C2. The Morgan fingerprint density at radius 3 is 2.75 bits per heavy atom. The number of carbonyl (C=O) groups excluding carboxylic acids is 1. The van der Waals surface area contributed by atoms with Crippen LogP contribution in [0.15, 0.2) is 48.2 Å². The number of rotatable bonds is 6. The highest BCUT2D eigenvalue weighted by molar-refractivity contribution is 6.37. The van der Waals surface area contributed by atoms with E-state index in [0.29, 0.717) is 33.2 Å². The minimum atomic E-state index is -1.79. The number of amides is 2. The van der Waals surface area contributed by atoms with Gasteiger partial charge in [0.2, 0.25) is 5.95 Å². The minimum Gasteiger partial charge on any atom is -0.492 e. The Labute approximate surface area is 192 Å². The number of aromatic nitrogens is 2. The van der Waals surface area contributed by atoms with Gasteiger partial charge >= 0.3 is 6.03 Å². The summed E-state index contributed by atoms with van der Waals surface area (Å²) in [6.45, 7) is 0.433. The van der Waals surface area contributed by atoms with Crippen molar-refractivity contribution in [2.45, 2.75) is 19.5 Å². The van der Waals surface area contributed by atoms with Crippen molar-refractivity contribution in [2.24, 2.45) is 0 Å². The highest BCUT2D eigenvalue weighted by atomic mass is 35.5. The molecule has 2 heterocycles. The highest BCUT2D eigenvalue weighted by Crippen LogP contribution is 2.42. The van der Waals surface area contributed by atoms with E-state index in [4.69, 9.17) is 33.7 Å². The molecule has 1 aromatic carbocycles. The molecule has 0 bridgehead atoms. The van der Waals surface area contributed by atoms with E-state index < -0.39 is 6.08 Å². The van der Waals surface area contributed by atoms with Gasteiger partial charge in [-0.3, -0.25) is 0 Å². The topological polar surface area (TPSA) is 93.4 Å². The molecule has 2 aliphatic rings. The second-order valence-corrected chi connectivity index (χ2v) is 7.86. The zero-order valence-corrected chi connectivity index (χ0v) is 18.1. The molecule has 0 radical (unpaired) electrons. The van der Waals surface area contributed by atoms with Crippen molar-refractivity contribution in [1.29, 1.82) is 0 Å². The number of anilines is 1. The quantitative estimate of drug-likeness (QED) is 0.564. The third-order valence-corrected chi connectivity index (χ3v) is 5.34. The maximum absolute atomic E-state index is 12.6. The summed E-state index contributed by atoms with van der Waals surface area (Å²) < 4.78 is 30.3. The Bertz CT molecular complexity index is 1180. The molecular formula is C21H17Cl2F2N5O2. The van der Waals surface area contributed by atoms with Crippen LogP contribution in [0.3, 0.4) is 0 Å². The fraction of sp³-hybridized carbons (Fsp3) is 0.190. The predicted molar refractivity (Wildman–Crippen MR) is 117 cm³/mol. The molecule has 2 aromatic rings. The first-order valence-corrected chi connectivity index (χ1v) is 10.3. The fourth-order valence-electron chi connectivity index (χ4n) is 3.33. The van der Waals surface area contributed by atoms with Crippen molar-refractivity contribution >= 4 is 35.2 Å². The molecular weight excluding hydrogens is 463 g/mol.